The molecule has 196 valence electrons. The van der Waals surface area contributed by atoms with Gasteiger partial charge in [0.05, 0.1) is 18.3 Å². The maximum Gasteiger partial charge on any atom is 0.253 e. The largest absolute Gasteiger partial charge is 0.468 e. The van der Waals surface area contributed by atoms with Crippen LogP contribution in [-0.4, -0.2) is 30.1 Å². The summed E-state index contributed by atoms with van der Waals surface area (Å²) < 4.78 is 7.53. The lowest BCUT2D eigenvalue weighted by atomic mass is 9.99. The van der Waals surface area contributed by atoms with E-state index in [4.69, 9.17) is 16.0 Å². The van der Waals surface area contributed by atoms with Gasteiger partial charge in [-0.25, -0.2) is 4.68 Å². The molecule has 0 fully saturated rings. The second kappa shape index (κ2) is 10.2. The van der Waals surface area contributed by atoms with Crippen LogP contribution in [0.25, 0.3) is 10.9 Å². The maximum atomic E-state index is 13.7. The second-order valence-electron chi connectivity index (χ2n) is 10.7. The minimum Gasteiger partial charge on any atom is -0.468 e. The smallest absolute Gasteiger partial charge is 0.253 e. The summed E-state index contributed by atoms with van der Waals surface area (Å²) in [5.41, 5.74) is 4.06. The number of H-pyrrole nitrogens is 1. The van der Waals surface area contributed by atoms with E-state index in [2.05, 4.69) is 38.4 Å². The molecule has 3 heterocycles. The fourth-order valence-electron chi connectivity index (χ4n) is 4.70. The van der Waals surface area contributed by atoms with E-state index in [0.717, 1.165) is 33.4 Å². The number of hydrogen-bond acceptors (Lipinski definition) is 6. The number of pyridine rings is 1. The molecule has 0 aliphatic carbocycles. The summed E-state index contributed by atoms with van der Waals surface area (Å²) in [5, 5.41) is 14.4. The van der Waals surface area contributed by atoms with Crippen molar-refractivity contribution in [1.82, 2.24) is 30.1 Å². The van der Waals surface area contributed by atoms with Crippen LogP contribution in [0.2, 0.25) is 5.02 Å². The van der Waals surface area contributed by atoms with Crippen LogP contribution in [0, 0.1) is 13.8 Å². The van der Waals surface area contributed by atoms with Gasteiger partial charge in [-0.2, -0.15) is 0 Å². The zero-order chi connectivity index (χ0) is 27.0. The number of rotatable bonds is 7. The molecule has 0 bridgehead atoms. The van der Waals surface area contributed by atoms with E-state index >= 15 is 0 Å². The highest BCUT2D eigenvalue weighted by atomic mass is 35.5. The van der Waals surface area contributed by atoms with E-state index in [1.165, 1.54) is 0 Å². The Bertz CT molecular complexity index is 1610. The van der Waals surface area contributed by atoms with Crippen molar-refractivity contribution in [3.63, 3.8) is 0 Å². The van der Waals surface area contributed by atoms with Crippen molar-refractivity contribution < 1.29 is 4.42 Å². The number of fused-ring (bicyclic) bond motifs is 1. The van der Waals surface area contributed by atoms with Crippen molar-refractivity contribution in [1.29, 1.82) is 0 Å². The van der Waals surface area contributed by atoms with Crippen molar-refractivity contribution in [2.75, 3.05) is 0 Å². The summed E-state index contributed by atoms with van der Waals surface area (Å²) >= 11 is 6.17. The van der Waals surface area contributed by atoms with E-state index in [9.17, 15) is 4.79 Å². The first kappa shape index (κ1) is 25.9. The van der Waals surface area contributed by atoms with Crippen molar-refractivity contribution >= 4 is 22.5 Å². The zero-order valence-electron chi connectivity index (χ0n) is 22.2. The summed E-state index contributed by atoms with van der Waals surface area (Å²) in [4.78, 5) is 19.0. The van der Waals surface area contributed by atoms with Crippen LogP contribution in [0.3, 0.4) is 0 Å². The average Bonchev–Trinajstić information content (AvgIpc) is 3.55. The fraction of sp³-hybridized carbons (Fsp3) is 0.310. The number of aromatic amines is 1. The molecule has 0 saturated carbocycles. The third kappa shape index (κ3) is 5.28. The first-order valence-electron chi connectivity index (χ1n) is 12.5. The van der Waals surface area contributed by atoms with Crippen molar-refractivity contribution in [3.05, 3.63) is 110 Å². The lowest BCUT2D eigenvalue weighted by Crippen LogP contribution is -2.37. The third-order valence-electron chi connectivity index (χ3n) is 6.76. The monoisotopic (exact) mass is 530 g/mol. The molecule has 0 spiro atoms. The van der Waals surface area contributed by atoms with Crippen LogP contribution >= 0.6 is 11.6 Å². The minimum absolute atomic E-state index is 0.185. The van der Waals surface area contributed by atoms with Gasteiger partial charge in [-0.05, 0) is 110 Å². The van der Waals surface area contributed by atoms with E-state index in [0.29, 0.717) is 29.5 Å². The van der Waals surface area contributed by atoms with Gasteiger partial charge < -0.3 is 9.40 Å². The molecule has 38 heavy (non-hydrogen) atoms. The van der Waals surface area contributed by atoms with Gasteiger partial charge in [-0.1, -0.05) is 23.7 Å². The molecule has 1 atom stereocenters. The SMILES string of the molecule is Cc1cc2cc([C@H](c3nnnn3C(C)(C)C)N(Cc3ccc(Cl)cc3)Cc3ccco3)c(=O)[nH]c2cc1C. The number of nitrogens with zero attached hydrogens (tertiary/aromatic N) is 5. The van der Waals surface area contributed by atoms with Gasteiger partial charge in [0.25, 0.3) is 5.56 Å². The normalized spacial score (nSPS) is 12.9. The Morgan fingerprint density at radius 2 is 1.79 bits per heavy atom. The lowest BCUT2D eigenvalue weighted by Gasteiger charge is -2.32. The Hall–Kier alpha value is -3.75. The number of tetrazole rings is 1. The summed E-state index contributed by atoms with van der Waals surface area (Å²) in [5.74, 6) is 1.34. The number of nitrogens with one attached hydrogen (secondary N) is 1. The molecule has 9 heteroatoms. The zero-order valence-corrected chi connectivity index (χ0v) is 23.0. The highest BCUT2D eigenvalue weighted by Gasteiger charge is 2.34. The molecule has 2 aromatic carbocycles. The maximum absolute atomic E-state index is 13.7. The van der Waals surface area contributed by atoms with E-state index in [1.54, 1.807) is 10.9 Å². The van der Waals surface area contributed by atoms with E-state index in [1.807, 2.05) is 76.2 Å². The number of hydrogen-bond donors (Lipinski definition) is 1. The first-order chi connectivity index (χ1) is 18.1. The second-order valence-corrected chi connectivity index (χ2v) is 11.1. The molecule has 0 amide bonds. The molecular weight excluding hydrogens is 500 g/mol. The van der Waals surface area contributed by atoms with Crippen LogP contribution in [0.4, 0.5) is 0 Å². The summed E-state index contributed by atoms with van der Waals surface area (Å²) in [6.45, 7) is 11.2. The molecule has 0 saturated heterocycles. The van der Waals surface area contributed by atoms with Crippen molar-refractivity contribution in [3.8, 4) is 0 Å². The van der Waals surface area contributed by atoms with Crippen molar-refractivity contribution in [2.24, 2.45) is 0 Å². The van der Waals surface area contributed by atoms with Gasteiger partial charge in [-0.15, -0.1) is 5.10 Å². The molecule has 0 aliphatic rings. The van der Waals surface area contributed by atoms with Gasteiger partial charge in [0.2, 0.25) is 0 Å². The Morgan fingerprint density at radius 1 is 1.05 bits per heavy atom. The predicted octanol–water partition coefficient (Wildman–Crippen LogP) is 5.92. The quantitative estimate of drug-likeness (QED) is 0.280. The Morgan fingerprint density at radius 3 is 2.47 bits per heavy atom. The highest BCUT2D eigenvalue weighted by Crippen LogP contribution is 2.32. The predicted molar refractivity (Wildman–Crippen MR) is 148 cm³/mol. The molecule has 0 aliphatic heterocycles. The molecule has 5 rings (SSSR count). The van der Waals surface area contributed by atoms with Crippen LogP contribution in [0.1, 0.15) is 60.7 Å². The Balaban J connectivity index is 1.73. The van der Waals surface area contributed by atoms with Gasteiger partial charge in [0.15, 0.2) is 5.82 Å². The molecule has 0 unspecified atom stereocenters. The lowest BCUT2D eigenvalue weighted by molar-refractivity contribution is 0.171. The number of furan rings is 1. The first-order valence-corrected chi connectivity index (χ1v) is 12.9. The number of benzene rings is 2. The van der Waals surface area contributed by atoms with Gasteiger partial charge in [0, 0.05) is 22.6 Å². The summed E-state index contributed by atoms with van der Waals surface area (Å²) in [6, 6.07) is 17.0. The summed E-state index contributed by atoms with van der Waals surface area (Å²) in [6.07, 6.45) is 1.65. The number of aromatic nitrogens is 5. The minimum atomic E-state index is -0.570. The van der Waals surface area contributed by atoms with Crippen LogP contribution < -0.4 is 5.56 Å². The number of halogens is 1. The molecule has 3 aromatic heterocycles. The van der Waals surface area contributed by atoms with Crippen LogP contribution in [0.5, 0.6) is 0 Å². The Labute approximate surface area is 226 Å². The van der Waals surface area contributed by atoms with Gasteiger partial charge >= 0.3 is 0 Å². The van der Waals surface area contributed by atoms with E-state index < -0.39 is 11.6 Å². The Kier molecular flexibility index (Phi) is 6.94. The molecule has 1 N–H and O–H groups in total. The topological polar surface area (TPSA) is 92.8 Å². The molecule has 8 nitrogen and oxygen atoms in total. The standard InChI is InChI=1S/C29H31ClN6O2/c1-18-13-21-15-24(28(37)31-25(21)14-19(18)2)26(27-32-33-34-36(27)29(3,4)5)35(17-23-7-6-12-38-23)16-20-8-10-22(30)11-9-20/h6-15,26H,16-17H2,1-5H3,(H,31,37)/t26-/m1/s1. The molecule has 0 radical (unpaired) electrons. The highest BCUT2D eigenvalue weighted by molar-refractivity contribution is 6.30. The summed E-state index contributed by atoms with van der Waals surface area (Å²) in [7, 11) is 0. The van der Waals surface area contributed by atoms with Crippen molar-refractivity contribution in [2.45, 2.75) is 59.3 Å². The fourth-order valence-corrected chi connectivity index (χ4v) is 4.83. The number of aryl methyl sites for hydroxylation is 2. The third-order valence-corrected chi connectivity index (χ3v) is 7.01. The molecular formula is C29H31ClN6O2. The van der Waals surface area contributed by atoms with E-state index in [-0.39, 0.29) is 5.56 Å². The van der Waals surface area contributed by atoms with Crippen LogP contribution in [-0.2, 0) is 18.6 Å². The average molecular weight is 531 g/mol. The van der Waals surface area contributed by atoms with Gasteiger partial charge in [0.1, 0.15) is 11.8 Å². The molecule has 5 aromatic rings. The van der Waals surface area contributed by atoms with Gasteiger partial charge in [-0.3, -0.25) is 9.69 Å². The van der Waals surface area contributed by atoms with Crippen LogP contribution in [0.15, 0.2) is 70.1 Å².